The molecule has 172 valence electrons. The molecule has 1 unspecified atom stereocenters. The van der Waals surface area contributed by atoms with Crippen LogP contribution in [0.25, 0.3) is 21.5 Å². The lowest BCUT2D eigenvalue weighted by molar-refractivity contribution is 0.434. The van der Waals surface area contributed by atoms with Crippen LogP contribution in [0.2, 0.25) is 0 Å². The normalized spacial score (nSPS) is 14.4. The van der Waals surface area contributed by atoms with Gasteiger partial charge in [0, 0.05) is 27.8 Å². The van der Waals surface area contributed by atoms with Crippen molar-refractivity contribution in [2.24, 2.45) is 0 Å². The molecule has 6 aromatic carbocycles. The molecule has 3 heteroatoms. The maximum atomic E-state index is 6.94. The van der Waals surface area contributed by atoms with Crippen molar-refractivity contribution in [1.29, 1.82) is 0 Å². The number of thiol groups is 1. The third-order valence-electron chi connectivity index (χ3n) is 6.95. The smallest absolute Gasteiger partial charge is 0.152 e. The molecule has 0 radical (unpaired) electrons. The molecule has 7 rings (SSSR count). The van der Waals surface area contributed by atoms with Gasteiger partial charge in [-0.1, -0.05) is 109 Å². The number of ether oxygens (including phenoxy) is 2. The zero-order valence-electron chi connectivity index (χ0n) is 19.4. The number of rotatable bonds is 1. The molecule has 1 atom stereocenters. The van der Waals surface area contributed by atoms with E-state index in [1.165, 1.54) is 5.56 Å². The molecule has 1 aliphatic heterocycles. The van der Waals surface area contributed by atoms with Gasteiger partial charge >= 0.3 is 0 Å². The van der Waals surface area contributed by atoms with E-state index in [0.29, 0.717) is 16.4 Å². The number of hydrogen-bond acceptors (Lipinski definition) is 3. The Morgan fingerprint density at radius 1 is 0.500 bits per heavy atom. The fourth-order valence-corrected chi connectivity index (χ4v) is 5.54. The molecule has 0 aromatic heterocycles. The number of hydrogen-bond donors (Lipinski definition) is 1. The van der Waals surface area contributed by atoms with E-state index in [0.717, 1.165) is 44.2 Å². The minimum Gasteiger partial charge on any atom is -0.456 e. The predicted octanol–water partition coefficient (Wildman–Crippen LogP) is 9.36. The van der Waals surface area contributed by atoms with Gasteiger partial charge in [-0.05, 0) is 28.5 Å². The summed E-state index contributed by atoms with van der Waals surface area (Å²) in [6.45, 7) is 0. The summed E-state index contributed by atoms with van der Waals surface area (Å²) >= 11 is 4.94. The van der Waals surface area contributed by atoms with Crippen molar-refractivity contribution >= 4 is 34.2 Å². The third kappa shape index (κ3) is 3.35. The summed E-state index contributed by atoms with van der Waals surface area (Å²) in [5, 5.41) is 4.24. The first-order valence-electron chi connectivity index (χ1n) is 12.0. The minimum absolute atomic E-state index is 0.0827. The van der Waals surface area contributed by atoms with Crippen LogP contribution < -0.4 is 9.47 Å². The topological polar surface area (TPSA) is 18.5 Å². The second-order valence-electron chi connectivity index (χ2n) is 9.06. The molecule has 36 heavy (non-hydrogen) atoms. The largest absolute Gasteiger partial charge is 0.456 e. The van der Waals surface area contributed by atoms with Crippen LogP contribution in [0.3, 0.4) is 0 Å². The third-order valence-corrected chi connectivity index (χ3v) is 7.37. The molecule has 0 saturated heterocycles. The van der Waals surface area contributed by atoms with Gasteiger partial charge in [-0.3, -0.25) is 0 Å². The van der Waals surface area contributed by atoms with Gasteiger partial charge in [-0.15, -0.1) is 12.6 Å². The monoisotopic (exact) mass is 482 g/mol. The van der Waals surface area contributed by atoms with Crippen LogP contribution in [0.15, 0.2) is 126 Å². The molecular weight excluding hydrogens is 460 g/mol. The Morgan fingerprint density at radius 3 is 2.00 bits per heavy atom. The van der Waals surface area contributed by atoms with E-state index >= 15 is 0 Å². The average molecular weight is 483 g/mol. The molecule has 0 N–H and O–H groups in total. The molecule has 0 saturated carbocycles. The predicted molar refractivity (Wildman–Crippen MR) is 149 cm³/mol. The summed E-state index contributed by atoms with van der Waals surface area (Å²) in [5.41, 5.74) is 3.34. The maximum Gasteiger partial charge on any atom is 0.152 e. The van der Waals surface area contributed by atoms with Crippen molar-refractivity contribution in [3.63, 3.8) is 0 Å². The molecule has 6 aromatic rings. The fourth-order valence-electron chi connectivity index (χ4n) is 5.27. The second-order valence-corrected chi connectivity index (χ2v) is 9.51. The van der Waals surface area contributed by atoms with Crippen molar-refractivity contribution in [2.45, 2.75) is 10.8 Å². The van der Waals surface area contributed by atoms with Crippen LogP contribution in [0.1, 0.15) is 22.6 Å². The van der Waals surface area contributed by atoms with Gasteiger partial charge in [0.25, 0.3) is 0 Å². The molecule has 2 nitrogen and oxygen atoms in total. The van der Waals surface area contributed by atoms with Crippen molar-refractivity contribution in [3.05, 3.63) is 138 Å². The first-order chi connectivity index (χ1) is 17.8. The Labute approximate surface area is 215 Å². The van der Waals surface area contributed by atoms with E-state index in [9.17, 15) is 0 Å². The van der Waals surface area contributed by atoms with Crippen molar-refractivity contribution in [2.75, 3.05) is 0 Å². The van der Waals surface area contributed by atoms with E-state index in [1.54, 1.807) is 0 Å². The summed E-state index contributed by atoms with van der Waals surface area (Å²) < 4.78 is 13.6. The molecule has 2 bridgehead atoms. The molecule has 1 aliphatic rings. The van der Waals surface area contributed by atoms with E-state index in [1.807, 2.05) is 36.4 Å². The quantitative estimate of drug-likeness (QED) is 0.235. The molecule has 0 amide bonds. The van der Waals surface area contributed by atoms with Gasteiger partial charge in [0.2, 0.25) is 0 Å². The summed E-state index contributed by atoms with van der Waals surface area (Å²) in [6, 6.07) is 41.9. The molecule has 0 spiro atoms. The highest BCUT2D eigenvalue weighted by Crippen LogP contribution is 2.51. The van der Waals surface area contributed by atoms with Gasteiger partial charge in [0.1, 0.15) is 17.2 Å². The number of fused-ring (bicyclic) bond motifs is 8. The Bertz CT molecular complexity index is 1760. The van der Waals surface area contributed by atoms with E-state index < -0.39 is 0 Å². The van der Waals surface area contributed by atoms with Crippen molar-refractivity contribution in [1.82, 2.24) is 0 Å². The highest BCUT2D eigenvalue weighted by Gasteiger charge is 2.28. The van der Waals surface area contributed by atoms with Gasteiger partial charge in [-0.25, -0.2) is 0 Å². The zero-order chi connectivity index (χ0) is 24.1. The first-order valence-corrected chi connectivity index (χ1v) is 12.5. The molecule has 1 heterocycles. The van der Waals surface area contributed by atoms with Crippen LogP contribution >= 0.6 is 12.6 Å². The van der Waals surface area contributed by atoms with Gasteiger partial charge in [0.05, 0.1) is 4.90 Å². The first kappa shape index (κ1) is 21.1. The zero-order valence-corrected chi connectivity index (χ0v) is 20.3. The van der Waals surface area contributed by atoms with Crippen LogP contribution in [-0.2, 0) is 0 Å². The number of para-hydroxylation sites is 1. The molecule has 0 aliphatic carbocycles. The Balaban J connectivity index is 1.64. The van der Waals surface area contributed by atoms with Crippen molar-refractivity contribution < 1.29 is 9.47 Å². The Hall–Kier alpha value is -4.21. The lowest BCUT2D eigenvalue weighted by Crippen LogP contribution is -2.09. The second kappa shape index (κ2) is 8.47. The van der Waals surface area contributed by atoms with E-state index in [-0.39, 0.29) is 5.92 Å². The van der Waals surface area contributed by atoms with Crippen LogP contribution in [0, 0.1) is 0 Å². The average Bonchev–Trinajstić information content (AvgIpc) is 2.93. The van der Waals surface area contributed by atoms with E-state index in [2.05, 4.69) is 84.9 Å². The van der Waals surface area contributed by atoms with Crippen LogP contribution in [0.4, 0.5) is 0 Å². The van der Waals surface area contributed by atoms with Gasteiger partial charge in [0.15, 0.2) is 5.75 Å². The summed E-state index contributed by atoms with van der Waals surface area (Å²) in [4.78, 5) is 0.681. The van der Waals surface area contributed by atoms with E-state index in [4.69, 9.17) is 22.1 Å². The summed E-state index contributed by atoms with van der Waals surface area (Å²) in [5.74, 6) is 2.95. The highest BCUT2D eigenvalue weighted by atomic mass is 32.1. The minimum atomic E-state index is -0.0827. The van der Waals surface area contributed by atoms with Gasteiger partial charge in [-0.2, -0.15) is 0 Å². The lowest BCUT2D eigenvalue weighted by Gasteiger charge is -2.27. The standard InChI is InChI=1S/C33H22O2S/c36-33-29-20-23-13-5-7-15-25(23)32(33)35-31-24-14-6-4-10-21(24)18-19-27(31)30(22-11-2-1-3-12-22)26-16-8-9-17-28(26)34-29/h1-20,30,36H. The molecule has 0 fully saturated rings. The fraction of sp³-hybridized carbons (Fsp3) is 0.0303. The molecular formula is C33H22O2S. The van der Waals surface area contributed by atoms with Crippen LogP contribution in [-0.4, -0.2) is 0 Å². The Morgan fingerprint density at radius 2 is 1.17 bits per heavy atom. The SMILES string of the molecule is Sc1c2cc3ccccc3c1Oc1c(ccc3ccccc13)C(c1ccccc1)c1ccccc1O2. The van der Waals surface area contributed by atoms with Crippen molar-refractivity contribution in [3.8, 4) is 23.0 Å². The lowest BCUT2D eigenvalue weighted by atomic mass is 9.83. The summed E-state index contributed by atoms with van der Waals surface area (Å²) in [6.07, 6.45) is 0. The van der Waals surface area contributed by atoms with Crippen LogP contribution in [0.5, 0.6) is 23.0 Å². The maximum absolute atomic E-state index is 6.94. The number of benzene rings is 6. The summed E-state index contributed by atoms with van der Waals surface area (Å²) in [7, 11) is 0. The Kier molecular flexibility index (Phi) is 4.97. The highest BCUT2D eigenvalue weighted by molar-refractivity contribution is 7.80. The van der Waals surface area contributed by atoms with Gasteiger partial charge < -0.3 is 9.47 Å².